The minimum Gasteiger partial charge on any atom is -0.462 e. The van der Waals surface area contributed by atoms with Gasteiger partial charge in [-0.05, 0) is 43.4 Å². The Bertz CT molecular complexity index is 1850. The maximum absolute atomic E-state index is 13.1. The van der Waals surface area contributed by atoms with Crippen LogP contribution in [-0.4, -0.2) is 96.7 Å². The monoisotopic (exact) mass is 1400 g/mol. The molecule has 0 saturated carbocycles. The molecular weight excluding hydrogens is 1250 g/mol. The molecule has 17 nitrogen and oxygen atoms in total. The van der Waals surface area contributed by atoms with E-state index in [9.17, 15) is 43.2 Å². The standard InChI is InChI=1S/C76H148O17P2/c1-8-10-11-12-13-14-21-28-36-43-50-57-73(78)86-64-72(93-76(81)60-53-46-39-32-31-35-42-49-56-69(7)9-2)66-91-95(84,85)89-62-70(77)61-88-94(82,83)90-65-71(63-87-74(79)58-51-44-37-29-25-20-23-27-34-41-48-55-68(5)6)92-75(80)59-52-45-38-30-24-19-17-15-16-18-22-26-33-40-47-54-67(3)4/h67-72,77H,8-66H2,1-7H3,(H,82,83)(H,84,85)/t69?,70-,71-,72-/m1/s1. The fraction of sp³-hybridized carbons (Fsp3) is 0.947. The summed E-state index contributed by atoms with van der Waals surface area (Å²) in [5, 5.41) is 10.6. The largest absolute Gasteiger partial charge is 0.472 e. The van der Waals surface area contributed by atoms with Crippen molar-refractivity contribution >= 4 is 39.5 Å². The number of esters is 4. The van der Waals surface area contributed by atoms with Crippen molar-refractivity contribution in [3.05, 3.63) is 0 Å². The Balaban J connectivity index is 5.25. The molecule has 0 bridgehead atoms. The highest BCUT2D eigenvalue weighted by molar-refractivity contribution is 7.47. The molecule has 0 radical (unpaired) electrons. The van der Waals surface area contributed by atoms with Gasteiger partial charge in [0.25, 0.3) is 0 Å². The predicted molar refractivity (Wildman–Crippen MR) is 386 cm³/mol. The van der Waals surface area contributed by atoms with E-state index in [1.54, 1.807) is 0 Å². The van der Waals surface area contributed by atoms with E-state index in [2.05, 4.69) is 48.5 Å². The van der Waals surface area contributed by atoms with Crippen molar-refractivity contribution in [3.8, 4) is 0 Å². The van der Waals surface area contributed by atoms with Crippen LogP contribution in [-0.2, 0) is 65.4 Å². The molecule has 3 N–H and O–H groups in total. The van der Waals surface area contributed by atoms with Crippen molar-refractivity contribution in [2.45, 2.75) is 407 Å². The molecular formula is C76H148O17P2. The number of hydrogen-bond acceptors (Lipinski definition) is 15. The first kappa shape index (κ1) is 93.1. The normalized spacial score (nSPS) is 14.4. The number of carbonyl (C=O) groups excluding carboxylic acids is 4. The van der Waals surface area contributed by atoms with Crippen LogP contribution in [0, 0.1) is 17.8 Å². The van der Waals surface area contributed by atoms with Crippen molar-refractivity contribution in [3.63, 3.8) is 0 Å². The van der Waals surface area contributed by atoms with Crippen molar-refractivity contribution in [2.24, 2.45) is 17.8 Å². The van der Waals surface area contributed by atoms with Gasteiger partial charge in [-0.15, -0.1) is 0 Å². The minimum absolute atomic E-state index is 0.105. The summed E-state index contributed by atoms with van der Waals surface area (Å²) < 4.78 is 68.5. The second kappa shape index (κ2) is 66.6. The number of hydrogen-bond donors (Lipinski definition) is 3. The lowest BCUT2D eigenvalue weighted by Crippen LogP contribution is -2.30. The van der Waals surface area contributed by atoms with Crippen molar-refractivity contribution < 1.29 is 80.2 Å². The van der Waals surface area contributed by atoms with E-state index in [-0.39, 0.29) is 25.7 Å². The van der Waals surface area contributed by atoms with Gasteiger partial charge < -0.3 is 33.8 Å². The van der Waals surface area contributed by atoms with Gasteiger partial charge in [0.05, 0.1) is 26.4 Å². The summed E-state index contributed by atoms with van der Waals surface area (Å²) in [6, 6.07) is 0. The Morgan fingerprint density at radius 2 is 0.537 bits per heavy atom. The number of carbonyl (C=O) groups is 4. The fourth-order valence-corrected chi connectivity index (χ4v) is 13.1. The molecule has 0 saturated heterocycles. The molecule has 0 aliphatic rings. The molecule has 564 valence electrons. The highest BCUT2D eigenvalue weighted by atomic mass is 31.2. The van der Waals surface area contributed by atoms with Crippen LogP contribution in [0.25, 0.3) is 0 Å². The first-order valence-corrected chi connectivity index (χ1v) is 42.4. The number of phosphoric ester groups is 2. The second-order valence-electron chi connectivity index (χ2n) is 28.6. The fourth-order valence-electron chi connectivity index (χ4n) is 11.6. The lowest BCUT2D eigenvalue weighted by molar-refractivity contribution is -0.161. The molecule has 0 amide bonds. The highest BCUT2D eigenvalue weighted by Crippen LogP contribution is 2.45. The Morgan fingerprint density at radius 1 is 0.305 bits per heavy atom. The molecule has 95 heavy (non-hydrogen) atoms. The quantitative estimate of drug-likeness (QED) is 0.0222. The number of aliphatic hydroxyl groups is 1. The van der Waals surface area contributed by atoms with Gasteiger partial charge in [-0.3, -0.25) is 37.3 Å². The number of phosphoric acid groups is 2. The van der Waals surface area contributed by atoms with Crippen LogP contribution in [0.2, 0.25) is 0 Å². The molecule has 3 unspecified atom stereocenters. The van der Waals surface area contributed by atoms with E-state index in [0.717, 1.165) is 108 Å². The van der Waals surface area contributed by atoms with E-state index in [4.69, 9.17) is 37.0 Å². The summed E-state index contributed by atoms with van der Waals surface area (Å²) >= 11 is 0. The molecule has 0 aromatic carbocycles. The first-order valence-electron chi connectivity index (χ1n) is 39.4. The highest BCUT2D eigenvalue weighted by Gasteiger charge is 2.30. The molecule has 0 heterocycles. The Hall–Kier alpha value is -1.94. The molecule has 0 spiro atoms. The lowest BCUT2D eigenvalue weighted by Gasteiger charge is -2.21. The third-order valence-electron chi connectivity index (χ3n) is 18.0. The Morgan fingerprint density at radius 3 is 0.800 bits per heavy atom. The molecule has 0 aliphatic carbocycles. The van der Waals surface area contributed by atoms with E-state index in [1.165, 1.54) is 199 Å². The Kier molecular flexibility index (Phi) is 65.2. The van der Waals surface area contributed by atoms with Gasteiger partial charge in [0.15, 0.2) is 12.2 Å². The predicted octanol–water partition coefficient (Wildman–Crippen LogP) is 22.2. The van der Waals surface area contributed by atoms with Crippen LogP contribution < -0.4 is 0 Å². The van der Waals surface area contributed by atoms with Crippen LogP contribution in [0.4, 0.5) is 0 Å². The third kappa shape index (κ3) is 69.0. The number of unbranched alkanes of at least 4 members (excludes halogenated alkanes) is 41. The zero-order valence-electron chi connectivity index (χ0n) is 62.1. The molecule has 19 heteroatoms. The van der Waals surface area contributed by atoms with Gasteiger partial charge in [-0.1, -0.05) is 337 Å². The number of rotatable bonds is 74. The van der Waals surface area contributed by atoms with E-state index >= 15 is 0 Å². The smallest absolute Gasteiger partial charge is 0.462 e. The van der Waals surface area contributed by atoms with Crippen LogP contribution in [0.3, 0.4) is 0 Å². The first-order chi connectivity index (χ1) is 45.8. The van der Waals surface area contributed by atoms with Gasteiger partial charge in [0, 0.05) is 25.7 Å². The van der Waals surface area contributed by atoms with Gasteiger partial charge in [-0.25, -0.2) is 9.13 Å². The summed E-state index contributed by atoms with van der Waals surface area (Å²) in [4.78, 5) is 72.8. The number of aliphatic hydroxyl groups excluding tert-OH is 1. The summed E-state index contributed by atoms with van der Waals surface area (Å²) in [5.74, 6) is 0.225. The van der Waals surface area contributed by atoms with Gasteiger partial charge >= 0.3 is 39.5 Å². The zero-order valence-corrected chi connectivity index (χ0v) is 63.9. The van der Waals surface area contributed by atoms with Gasteiger partial charge in [0.1, 0.15) is 19.3 Å². The van der Waals surface area contributed by atoms with Crippen molar-refractivity contribution in [2.75, 3.05) is 39.6 Å². The van der Waals surface area contributed by atoms with Crippen molar-refractivity contribution in [1.82, 2.24) is 0 Å². The summed E-state index contributed by atoms with van der Waals surface area (Å²) in [7, 11) is -9.91. The van der Waals surface area contributed by atoms with Crippen LogP contribution in [0.1, 0.15) is 389 Å². The van der Waals surface area contributed by atoms with E-state index in [0.29, 0.717) is 25.7 Å². The van der Waals surface area contributed by atoms with Crippen LogP contribution in [0.5, 0.6) is 0 Å². The van der Waals surface area contributed by atoms with E-state index in [1.807, 2.05) is 0 Å². The van der Waals surface area contributed by atoms with Gasteiger partial charge in [-0.2, -0.15) is 0 Å². The van der Waals surface area contributed by atoms with Crippen LogP contribution in [0.15, 0.2) is 0 Å². The second-order valence-corrected chi connectivity index (χ2v) is 31.5. The third-order valence-corrected chi connectivity index (χ3v) is 19.9. The maximum Gasteiger partial charge on any atom is 0.472 e. The molecule has 0 aliphatic heterocycles. The topological polar surface area (TPSA) is 237 Å². The lowest BCUT2D eigenvalue weighted by atomic mass is 9.99. The molecule has 0 aromatic rings. The average molecular weight is 1400 g/mol. The molecule has 6 atom stereocenters. The maximum atomic E-state index is 13.1. The van der Waals surface area contributed by atoms with E-state index < -0.39 is 97.5 Å². The SMILES string of the molecule is CCCCCCCCCCCCCC(=O)OC[C@H](COP(=O)(O)OC[C@H](O)COP(=O)(O)OC[C@@H](COC(=O)CCCCCCCCCCCCCC(C)C)OC(=O)CCCCCCCCCCCCCCCCCC(C)C)OC(=O)CCCCCCCCCCC(C)CC. The summed E-state index contributed by atoms with van der Waals surface area (Å²) in [5.41, 5.74) is 0. The zero-order chi connectivity index (χ0) is 70.1. The molecule has 0 rings (SSSR count). The average Bonchev–Trinajstić information content (AvgIpc) is 1.80. The molecule has 0 aromatic heterocycles. The van der Waals surface area contributed by atoms with Crippen LogP contribution >= 0.6 is 15.6 Å². The van der Waals surface area contributed by atoms with Crippen molar-refractivity contribution in [1.29, 1.82) is 0 Å². The molecule has 0 fully saturated rings. The van der Waals surface area contributed by atoms with Gasteiger partial charge in [0.2, 0.25) is 0 Å². The number of ether oxygens (including phenoxy) is 4. The summed E-state index contributed by atoms with van der Waals surface area (Å²) in [6.07, 6.45) is 52.6. The Labute approximate surface area is 581 Å². The summed E-state index contributed by atoms with van der Waals surface area (Å²) in [6.45, 7) is 11.9. The minimum atomic E-state index is -4.96.